The lowest BCUT2D eigenvalue weighted by Crippen LogP contribution is -2.48. The van der Waals surface area contributed by atoms with E-state index in [1.807, 2.05) is 7.05 Å². The zero-order valence-electron chi connectivity index (χ0n) is 18.6. The van der Waals surface area contributed by atoms with Crippen molar-refractivity contribution < 1.29 is 9.47 Å². The predicted octanol–water partition coefficient (Wildman–Crippen LogP) is 4.17. The van der Waals surface area contributed by atoms with Gasteiger partial charge in [-0.3, -0.25) is 4.99 Å². The van der Waals surface area contributed by atoms with Crippen molar-refractivity contribution in [2.24, 2.45) is 4.99 Å². The summed E-state index contributed by atoms with van der Waals surface area (Å²) >= 11 is 0. The van der Waals surface area contributed by atoms with Crippen molar-refractivity contribution in [3.8, 4) is 0 Å². The molecule has 0 aromatic heterocycles. The van der Waals surface area contributed by atoms with Crippen LogP contribution in [0.4, 0.5) is 0 Å². The number of hydrogen-bond acceptors (Lipinski definition) is 3. The van der Waals surface area contributed by atoms with Gasteiger partial charge >= 0.3 is 0 Å². The molecular weight excluding hydrogens is 386 g/mol. The molecule has 31 heavy (non-hydrogen) atoms. The second-order valence-electron chi connectivity index (χ2n) is 8.72. The van der Waals surface area contributed by atoms with Gasteiger partial charge in [-0.25, -0.2) is 0 Å². The maximum Gasteiger partial charge on any atom is 0.191 e. The molecule has 4 rings (SSSR count). The number of nitrogens with zero attached hydrogens (tertiary/aromatic N) is 1. The Bertz CT molecular complexity index is 843. The van der Waals surface area contributed by atoms with E-state index in [4.69, 9.17) is 9.47 Å². The summed E-state index contributed by atoms with van der Waals surface area (Å²) in [6, 6.07) is 19.5. The third kappa shape index (κ3) is 5.86. The molecule has 5 nitrogen and oxygen atoms in total. The molecule has 2 aromatic carbocycles. The third-order valence-electron chi connectivity index (χ3n) is 6.62. The molecule has 0 bridgehead atoms. The predicted molar refractivity (Wildman–Crippen MR) is 125 cm³/mol. The number of rotatable bonds is 8. The summed E-state index contributed by atoms with van der Waals surface area (Å²) in [7, 11) is 1.84. The lowest BCUT2D eigenvalue weighted by Gasteiger charge is -2.43. The van der Waals surface area contributed by atoms with E-state index in [1.165, 1.54) is 36.0 Å². The van der Waals surface area contributed by atoms with Crippen LogP contribution in [0.5, 0.6) is 0 Å². The van der Waals surface area contributed by atoms with Crippen molar-refractivity contribution in [3.05, 3.63) is 71.3 Å². The number of nitrogens with one attached hydrogen (secondary N) is 2. The molecule has 2 fully saturated rings. The van der Waals surface area contributed by atoms with Gasteiger partial charge in [0.15, 0.2) is 5.96 Å². The fraction of sp³-hybridized carbons (Fsp3) is 0.500. The molecule has 0 unspecified atom stereocenters. The van der Waals surface area contributed by atoms with Crippen molar-refractivity contribution in [1.29, 1.82) is 0 Å². The van der Waals surface area contributed by atoms with E-state index in [0.717, 1.165) is 45.1 Å². The fourth-order valence-electron chi connectivity index (χ4n) is 4.51. The minimum atomic E-state index is 0.236. The van der Waals surface area contributed by atoms with Crippen LogP contribution in [0.1, 0.15) is 48.8 Å². The molecule has 1 saturated carbocycles. The van der Waals surface area contributed by atoms with Crippen LogP contribution in [0.25, 0.3) is 0 Å². The lowest BCUT2D eigenvalue weighted by atomic mass is 9.64. The topological polar surface area (TPSA) is 54.9 Å². The zero-order valence-corrected chi connectivity index (χ0v) is 18.6. The van der Waals surface area contributed by atoms with Crippen molar-refractivity contribution in [2.75, 3.05) is 26.8 Å². The van der Waals surface area contributed by atoms with E-state index >= 15 is 0 Å². The van der Waals surface area contributed by atoms with Gasteiger partial charge in [0.05, 0.1) is 12.7 Å². The molecule has 1 aliphatic heterocycles. The highest BCUT2D eigenvalue weighted by Crippen LogP contribution is 2.43. The van der Waals surface area contributed by atoms with E-state index in [0.29, 0.717) is 12.7 Å². The second-order valence-corrected chi connectivity index (χ2v) is 8.72. The molecule has 166 valence electrons. The highest BCUT2D eigenvalue weighted by Gasteiger charge is 2.38. The van der Waals surface area contributed by atoms with Crippen molar-refractivity contribution in [3.63, 3.8) is 0 Å². The first-order valence-corrected chi connectivity index (χ1v) is 11.5. The van der Waals surface area contributed by atoms with Crippen LogP contribution in [0.3, 0.4) is 0 Å². The Kier molecular flexibility index (Phi) is 7.60. The summed E-state index contributed by atoms with van der Waals surface area (Å²) < 4.78 is 11.5. The average molecular weight is 422 g/mol. The van der Waals surface area contributed by atoms with Crippen molar-refractivity contribution in [2.45, 2.75) is 56.8 Å². The van der Waals surface area contributed by atoms with Crippen LogP contribution in [-0.4, -0.2) is 38.9 Å². The minimum Gasteiger partial charge on any atom is -0.381 e. The van der Waals surface area contributed by atoms with Crippen LogP contribution in [0.2, 0.25) is 0 Å². The fourth-order valence-corrected chi connectivity index (χ4v) is 4.51. The van der Waals surface area contributed by atoms with Crippen LogP contribution in [0.15, 0.2) is 59.6 Å². The Balaban J connectivity index is 1.27. The van der Waals surface area contributed by atoms with Crippen LogP contribution >= 0.6 is 0 Å². The quantitative estimate of drug-likeness (QED) is 0.496. The normalized spacial score (nSPS) is 18.9. The molecule has 2 N–H and O–H groups in total. The van der Waals surface area contributed by atoms with Gasteiger partial charge in [-0.15, -0.1) is 0 Å². The minimum absolute atomic E-state index is 0.236. The highest BCUT2D eigenvalue weighted by molar-refractivity contribution is 5.79. The van der Waals surface area contributed by atoms with E-state index in [2.05, 4.69) is 70.2 Å². The number of benzene rings is 2. The average Bonchev–Trinajstić information content (AvgIpc) is 2.80. The second kappa shape index (κ2) is 10.8. The molecule has 1 saturated heterocycles. The first-order valence-electron chi connectivity index (χ1n) is 11.5. The largest absolute Gasteiger partial charge is 0.381 e. The first-order chi connectivity index (χ1) is 15.3. The molecule has 2 aliphatic rings. The number of ether oxygens (including phenoxy) is 2. The van der Waals surface area contributed by atoms with Gasteiger partial charge < -0.3 is 20.1 Å². The SMILES string of the molecule is CN=C(NCc1cccc(COC2CCOCC2)c1)NCC1(c2ccccc2)CCC1. The summed E-state index contributed by atoms with van der Waals surface area (Å²) in [4.78, 5) is 4.44. The van der Waals surface area contributed by atoms with Gasteiger partial charge in [0.1, 0.15) is 0 Å². The summed E-state index contributed by atoms with van der Waals surface area (Å²) in [5, 5.41) is 7.04. The monoisotopic (exact) mass is 421 g/mol. The molecule has 1 aliphatic carbocycles. The van der Waals surface area contributed by atoms with Gasteiger partial charge in [0.2, 0.25) is 0 Å². The Morgan fingerprint density at radius 3 is 2.52 bits per heavy atom. The van der Waals surface area contributed by atoms with Crippen LogP contribution in [-0.2, 0) is 28.0 Å². The Hall–Kier alpha value is -2.37. The molecule has 1 heterocycles. The van der Waals surface area contributed by atoms with E-state index in [9.17, 15) is 0 Å². The Morgan fingerprint density at radius 2 is 1.81 bits per heavy atom. The van der Waals surface area contributed by atoms with Crippen molar-refractivity contribution in [1.82, 2.24) is 10.6 Å². The summed E-state index contributed by atoms with van der Waals surface area (Å²) in [5.74, 6) is 0.853. The molecular formula is C26H35N3O2. The maximum absolute atomic E-state index is 6.07. The molecule has 0 atom stereocenters. The molecule has 2 aromatic rings. The smallest absolute Gasteiger partial charge is 0.191 e. The molecule has 0 spiro atoms. The van der Waals surface area contributed by atoms with Gasteiger partial charge in [-0.2, -0.15) is 0 Å². The van der Waals surface area contributed by atoms with Gasteiger partial charge in [-0.05, 0) is 42.4 Å². The van der Waals surface area contributed by atoms with Crippen molar-refractivity contribution >= 4 is 5.96 Å². The van der Waals surface area contributed by atoms with E-state index in [1.54, 1.807) is 0 Å². The van der Waals surface area contributed by atoms with E-state index in [-0.39, 0.29) is 5.41 Å². The van der Waals surface area contributed by atoms with Gasteiger partial charge in [-0.1, -0.05) is 61.0 Å². The van der Waals surface area contributed by atoms with E-state index < -0.39 is 0 Å². The van der Waals surface area contributed by atoms with Gasteiger partial charge in [0, 0.05) is 38.8 Å². The Labute approximate surface area is 186 Å². The van der Waals surface area contributed by atoms with Crippen LogP contribution in [0, 0.1) is 0 Å². The molecule has 0 amide bonds. The standard InChI is InChI=1S/C26H35N3O2/c1-27-25(29-20-26(13-6-14-26)23-9-3-2-4-10-23)28-18-21-7-5-8-22(17-21)19-31-24-11-15-30-16-12-24/h2-5,7-10,17,24H,6,11-16,18-20H2,1H3,(H2,27,28,29). The zero-order chi connectivity index (χ0) is 21.4. The number of aliphatic imine (C=N–C) groups is 1. The lowest BCUT2D eigenvalue weighted by molar-refractivity contribution is -0.0390. The van der Waals surface area contributed by atoms with Gasteiger partial charge in [0.25, 0.3) is 0 Å². The number of hydrogen-bond donors (Lipinski definition) is 2. The summed E-state index contributed by atoms with van der Waals surface area (Å²) in [6.45, 7) is 3.93. The first kappa shape index (κ1) is 21.8. The summed E-state index contributed by atoms with van der Waals surface area (Å²) in [6.07, 6.45) is 6.07. The maximum atomic E-state index is 6.07. The summed E-state index contributed by atoms with van der Waals surface area (Å²) in [5.41, 5.74) is 4.12. The Morgan fingerprint density at radius 1 is 1.03 bits per heavy atom. The molecule has 5 heteroatoms. The highest BCUT2D eigenvalue weighted by atomic mass is 16.5. The number of guanidine groups is 1. The molecule has 0 radical (unpaired) electrons. The third-order valence-corrected chi connectivity index (χ3v) is 6.62. The van der Waals surface area contributed by atoms with Crippen LogP contribution < -0.4 is 10.6 Å².